The summed E-state index contributed by atoms with van der Waals surface area (Å²) < 4.78 is 13.2. The second-order valence-electron chi connectivity index (χ2n) is 3.83. The van der Waals surface area contributed by atoms with Crippen molar-refractivity contribution >= 4 is 29.1 Å². The van der Waals surface area contributed by atoms with Crippen LogP contribution in [0.3, 0.4) is 0 Å². The second kappa shape index (κ2) is 6.12. The predicted molar refractivity (Wildman–Crippen MR) is 77.0 cm³/mol. The van der Waals surface area contributed by atoms with Gasteiger partial charge in [-0.1, -0.05) is 17.7 Å². The Hall–Kier alpha value is -1.19. The third kappa shape index (κ3) is 3.40. The van der Waals surface area contributed by atoms with Gasteiger partial charge in [0, 0.05) is 17.1 Å². The van der Waals surface area contributed by atoms with E-state index in [1.54, 1.807) is 17.8 Å². The van der Waals surface area contributed by atoms with Crippen LogP contribution in [0.15, 0.2) is 47.4 Å². The molecule has 0 aliphatic heterocycles. The summed E-state index contributed by atoms with van der Waals surface area (Å²) in [4.78, 5) is 1.22. The van der Waals surface area contributed by atoms with Crippen LogP contribution >= 0.6 is 23.4 Å². The summed E-state index contributed by atoms with van der Waals surface area (Å²) in [6, 6.07) is 13.0. The number of nitrogens with one attached hydrogen (secondary N) is 1. The van der Waals surface area contributed by atoms with E-state index in [0.717, 1.165) is 11.3 Å². The fourth-order valence-electron chi connectivity index (χ4n) is 1.56. The highest BCUT2D eigenvalue weighted by Gasteiger charge is 2.01. The molecule has 94 valence electrons. The fraction of sp³-hybridized carbons (Fsp3) is 0.143. The van der Waals surface area contributed by atoms with Crippen molar-refractivity contribution in [1.82, 2.24) is 0 Å². The van der Waals surface area contributed by atoms with Gasteiger partial charge in [0.05, 0.1) is 5.02 Å². The Morgan fingerprint density at radius 1 is 1.17 bits per heavy atom. The zero-order valence-corrected chi connectivity index (χ0v) is 11.5. The summed E-state index contributed by atoms with van der Waals surface area (Å²) in [5, 5.41) is 3.40. The van der Waals surface area contributed by atoms with E-state index in [1.165, 1.54) is 11.0 Å². The van der Waals surface area contributed by atoms with Gasteiger partial charge in [-0.15, -0.1) is 11.8 Å². The molecule has 0 radical (unpaired) electrons. The van der Waals surface area contributed by atoms with Crippen molar-refractivity contribution in [3.05, 3.63) is 58.9 Å². The monoisotopic (exact) mass is 281 g/mol. The summed E-state index contributed by atoms with van der Waals surface area (Å²) in [6.07, 6.45) is 2.04. The van der Waals surface area contributed by atoms with E-state index in [0.29, 0.717) is 6.54 Å². The fourth-order valence-corrected chi connectivity index (χ4v) is 2.09. The molecule has 0 aromatic heterocycles. The molecular weight excluding hydrogens is 269 g/mol. The molecule has 0 bridgehead atoms. The Balaban J connectivity index is 1.99. The van der Waals surface area contributed by atoms with Gasteiger partial charge in [0.25, 0.3) is 0 Å². The normalized spacial score (nSPS) is 10.4. The van der Waals surface area contributed by atoms with Crippen LogP contribution in [0.25, 0.3) is 0 Å². The van der Waals surface area contributed by atoms with Crippen molar-refractivity contribution in [2.45, 2.75) is 11.4 Å². The third-order valence-corrected chi connectivity index (χ3v) is 3.62. The first-order chi connectivity index (χ1) is 8.69. The Morgan fingerprint density at radius 2 is 1.89 bits per heavy atom. The number of rotatable bonds is 4. The average Bonchev–Trinajstić information content (AvgIpc) is 2.41. The summed E-state index contributed by atoms with van der Waals surface area (Å²) in [5.74, 6) is -0.381. The number of anilines is 1. The van der Waals surface area contributed by atoms with Crippen LogP contribution in [0.1, 0.15) is 5.56 Å². The predicted octanol–water partition coefficient (Wildman–Crippen LogP) is 4.81. The summed E-state index contributed by atoms with van der Waals surface area (Å²) in [7, 11) is 0. The smallest absolute Gasteiger partial charge is 0.142 e. The zero-order valence-electron chi connectivity index (χ0n) is 9.91. The highest BCUT2D eigenvalue weighted by Crippen LogP contribution is 2.19. The van der Waals surface area contributed by atoms with Crippen LogP contribution in [-0.4, -0.2) is 6.26 Å². The van der Waals surface area contributed by atoms with E-state index >= 15 is 0 Å². The molecule has 0 amide bonds. The molecular formula is C14H13ClFNS. The van der Waals surface area contributed by atoms with Gasteiger partial charge in [-0.2, -0.15) is 0 Å². The summed E-state index contributed by atoms with van der Waals surface area (Å²) >= 11 is 7.34. The van der Waals surface area contributed by atoms with Crippen LogP contribution < -0.4 is 5.32 Å². The Bertz CT molecular complexity index is 528. The summed E-state index contributed by atoms with van der Waals surface area (Å²) in [6.45, 7) is 0.576. The maximum absolute atomic E-state index is 13.2. The largest absolute Gasteiger partial charge is 0.381 e. The van der Waals surface area contributed by atoms with Crippen LogP contribution in [0.4, 0.5) is 10.1 Å². The minimum absolute atomic E-state index is 0.156. The summed E-state index contributed by atoms with van der Waals surface area (Å²) in [5.41, 5.74) is 1.88. The molecule has 2 aromatic rings. The van der Waals surface area contributed by atoms with E-state index < -0.39 is 0 Å². The second-order valence-corrected chi connectivity index (χ2v) is 5.12. The first-order valence-electron chi connectivity index (χ1n) is 5.51. The topological polar surface area (TPSA) is 12.0 Å². The molecule has 0 atom stereocenters. The molecule has 18 heavy (non-hydrogen) atoms. The standard InChI is InChI=1S/C14H13ClFNS/c1-18-12-5-3-11(4-6-12)17-9-10-2-7-13(15)14(16)8-10/h2-8,17H,9H2,1H3. The van der Waals surface area contributed by atoms with Crippen molar-refractivity contribution in [2.24, 2.45) is 0 Å². The minimum atomic E-state index is -0.381. The lowest BCUT2D eigenvalue weighted by molar-refractivity contribution is 0.626. The molecule has 1 nitrogen and oxygen atoms in total. The lowest BCUT2D eigenvalue weighted by Gasteiger charge is -2.07. The molecule has 0 saturated heterocycles. The van der Waals surface area contributed by atoms with Crippen LogP contribution in [-0.2, 0) is 6.54 Å². The van der Waals surface area contributed by atoms with Crippen LogP contribution in [0, 0.1) is 5.82 Å². The number of benzene rings is 2. The van der Waals surface area contributed by atoms with Gasteiger partial charge in [0.2, 0.25) is 0 Å². The number of halogens is 2. The molecule has 2 aromatic carbocycles. The molecule has 0 unspecified atom stereocenters. The lowest BCUT2D eigenvalue weighted by Crippen LogP contribution is -1.99. The van der Waals surface area contributed by atoms with Crippen molar-refractivity contribution in [3.8, 4) is 0 Å². The molecule has 4 heteroatoms. The van der Waals surface area contributed by atoms with E-state index in [1.807, 2.05) is 24.5 Å². The van der Waals surface area contributed by atoms with E-state index in [-0.39, 0.29) is 10.8 Å². The van der Waals surface area contributed by atoms with E-state index in [4.69, 9.17) is 11.6 Å². The maximum Gasteiger partial charge on any atom is 0.142 e. The molecule has 0 aliphatic carbocycles. The van der Waals surface area contributed by atoms with Gasteiger partial charge in [-0.05, 0) is 48.2 Å². The molecule has 1 N–H and O–H groups in total. The van der Waals surface area contributed by atoms with Gasteiger partial charge in [0.15, 0.2) is 0 Å². The van der Waals surface area contributed by atoms with Crippen LogP contribution in [0.5, 0.6) is 0 Å². The Kier molecular flexibility index (Phi) is 4.50. The SMILES string of the molecule is CSc1ccc(NCc2ccc(Cl)c(F)c2)cc1. The Morgan fingerprint density at radius 3 is 2.50 bits per heavy atom. The van der Waals surface area contributed by atoms with Gasteiger partial charge < -0.3 is 5.32 Å². The molecule has 0 fully saturated rings. The highest BCUT2D eigenvalue weighted by atomic mass is 35.5. The van der Waals surface area contributed by atoms with Crippen molar-refractivity contribution in [1.29, 1.82) is 0 Å². The van der Waals surface area contributed by atoms with E-state index in [9.17, 15) is 4.39 Å². The van der Waals surface area contributed by atoms with Gasteiger partial charge in [0.1, 0.15) is 5.82 Å². The van der Waals surface area contributed by atoms with Gasteiger partial charge in [-0.3, -0.25) is 0 Å². The van der Waals surface area contributed by atoms with Gasteiger partial charge in [-0.25, -0.2) is 4.39 Å². The first-order valence-corrected chi connectivity index (χ1v) is 7.11. The molecule has 0 aliphatic rings. The number of hydrogen-bond donors (Lipinski definition) is 1. The van der Waals surface area contributed by atoms with Crippen molar-refractivity contribution < 1.29 is 4.39 Å². The molecule has 2 rings (SSSR count). The molecule has 0 spiro atoms. The number of hydrogen-bond acceptors (Lipinski definition) is 2. The highest BCUT2D eigenvalue weighted by molar-refractivity contribution is 7.98. The zero-order chi connectivity index (χ0) is 13.0. The van der Waals surface area contributed by atoms with Crippen LogP contribution in [0.2, 0.25) is 5.02 Å². The van der Waals surface area contributed by atoms with Gasteiger partial charge >= 0.3 is 0 Å². The van der Waals surface area contributed by atoms with Crippen molar-refractivity contribution in [3.63, 3.8) is 0 Å². The van der Waals surface area contributed by atoms with E-state index in [2.05, 4.69) is 17.4 Å². The quantitative estimate of drug-likeness (QED) is 0.807. The first kappa shape index (κ1) is 13.2. The Labute approximate surface area is 115 Å². The third-order valence-electron chi connectivity index (χ3n) is 2.57. The molecule has 0 saturated carbocycles. The van der Waals surface area contributed by atoms with Crippen molar-refractivity contribution in [2.75, 3.05) is 11.6 Å². The minimum Gasteiger partial charge on any atom is -0.381 e. The molecule has 0 heterocycles. The number of thioether (sulfide) groups is 1. The maximum atomic E-state index is 13.2. The lowest BCUT2D eigenvalue weighted by atomic mass is 10.2. The average molecular weight is 282 g/mol.